The zero-order valence-corrected chi connectivity index (χ0v) is 15.6. The van der Waals surface area contributed by atoms with Gasteiger partial charge in [0.05, 0.1) is 17.5 Å². The Morgan fingerprint density at radius 3 is 2.44 bits per heavy atom. The summed E-state index contributed by atoms with van der Waals surface area (Å²) < 4.78 is 0. The smallest absolute Gasteiger partial charge is 0.305 e. The molecule has 2 aromatic rings. The molecule has 0 radical (unpaired) electrons. The van der Waals surface area contributed by atoms with Crippen LogP contribution in [0.25, 0.3) is 0 Å². The number of nitrogens with one attached hydrogen (secondary N) is 1. The zero-order valence-electron chi connectivity index (χ0n) is 14.8. The lowest BCUT2D eigenvalue weighted by molar-refractivity contribution is -0.137. The Hall–Kier alpha value is -2.21. The number of carbonyl (C=O) groups excluding carboxylic acids is 1. The Bertz CT molecular complexity index is 703. The van der Waals surface area contributed by atoms with Gasteiger partial charge < -0.3 is 10.4 Å². The molecule has 1 heterocycles. The monoisotopic (exact) mass is 360 g/mol. The van der Waals surface area contributed by atoms with Crippen molar-refractivity contribution in [1.29, 1.82) is 0 Å². The van der Waals surface area contributed by atoms with E-state index in [0.717, 1.165) is 10.6 Å². The van der Waals surface area contributed by atoms with E-state index in [1.165, 1.54) is 16.9 Å². The number of nitrogens with zero attached hydrogens (tertiary/aromatic N) is 1. The number of thiazole rings is 1. The minimum Gasteiger partial charge on any atom is -0.481 e. The molecule has 134 valence electrons. The number of carboxylic acid groups (broad SMARTS) is 1. The Morgan fingerprint density at radius 2 is 1.92 bits per heavy atom. The van der Waals surface area contributed by atoms with Gasteiger partial charge >= 0.3 is 5.97 Å². The Balaban J connectivity index is 2.04. The summed E-state index contributed by atoms with van der Waals surface area (Å²) in [4.78, 5) is 27.5. The number of hydrogen-bond donors (Lipinski definition) is 2. The summed E-state index contributed by atoms with van der Waals surface area (Å²) in [6, 6.07) is 7.25. The van der Waals surface area contributed by atoms with Crippen LogP contribution in [0.1, 0.15) is 55.8 Å². The Kier molecular flexibility index (Phi) is 6.31. The molecule has 0 bridgehead atoms. The third-order valence-electron chi connectivity index (χ3n) is 3.94. The van der Waals surface area contributed by atoms with Crippen molar-refractivity contribution in [2.45, 2.75) is 51.5 Å². The number of rotatable bonds is 7. The van der Waals surface area contributed by atoms with E-state index in [4.69, 9.17) is 5.11 Å². The summed E-state index contributed by atoms with van der Waals surface area (Å²) in [5.41, 5.74) is 2.00. The van der Waals surface area contributed by atoms with Gasteiger partial charge in [-0.2, -0.15) is 0 Å². The van der Waals surface area contributed by atoms with E-state index in [1.54, 1.807) is 6.20 Å². The van der Waals surface area contributed by atoms with E-state index >= 15 is 0 Å². The van der Waals surface area contributed by atoms with Gasteiger partial charge in [0.1, 0.15) is 0 Å². The molecule has 6 heteroatoms. The standard InChI is InChI=1S/C19H24N2O3S/c1-19(2,3)14-6-4-13(5-7-14)15(12-18(23)24)21-16(22)8-9-17-20-10-11-25-17/h4-7,10-11,15H,8-9,12H2,1-3H3,(H,21,22)(H,23,24). The number of aromatic nitrogens is 1. The van der Waals surface area contributed by atoms with E-state index < -0.39 is 12.0 Å². The van der Waals surface area contributed by atoms with Crippen LogP contribution in [0, 0.1) is 0 Å². The molecular weight excluding hydrogens is 336 g/mol. The predicted octanol–water partition coefficient (Wildman–Crippen LogP) is 3.71. The molecule has 1 aromatic heterocycles. The SMILES string of the molecule is CC(C)(C)c1ccc(C(CC(=O)O)NC(=O)CCc2nccs2)cc1. The lowest BCUT2D eigenvalue weighted by atomic mass is 9.86. The van der Waals surface area contributed by atoms with E-state index in [9.17, 15) is 9.59 Å². The van der Waals surface area contributed by atoms with Crippen molar-refractivity contribution in [3.05, 3.63) is 52.0 Å². The van der Waals surface area contributed by atoms with Crippen molar-refractivity contribution >= 4 is 23.2 Å². The quantitative estimate of drug-likeness (QED) is 0.789. The van der Waals surface area contributed by atoms with Gasteiger partial charge in [0.2, 0.25) is 5.91 Å². The van der Waals surface area contributed by atoms with Gasteiger partial charge in [-0.1, -0.05) is 45.0 Å². The maximum Gasteiger partial charge on any atom is 0.305 e. The summed E-state index contributed by atoms with van der Waals surface area (Å²) in [5.74, 6) is -1.11. The minimum atomic E-state index is -0.940. The van der Waals surface area contributed by atoms with Gasteiger partial charge in [0.25, 0.3) is 0 Å². The number of amides is 1. The van der Waals surface area contributed by atoms with Crippen molar-refractivity contribution < 1.29 is 14.7 Å². The molecule has 0 aliphatic heterocycles. The minimum absolute atomic E-state index is 0.0256. The van der Waals surface area contributed by atoms with Crippen molar-refractivity contribution in [3.8, 4) is 0 Å². The van der Waals surface area contributed by atoms with Gasteiger partial charge in [-0.05, 0) is 16.5 Å². The number of aliphatic carboxylic acids is 1. The fourth-order valence-electron chi connectivity index (χ4n) is 2.51. The summed E-state index contributed by atoms with van der Waals surface area (Å²) in [7, 11) is 0. The summed E-state index contributed by atoms with van der Waals surface area (Å²) in [6.07, 6.45) is 2.43. The van der Waals surface area contributed by atoms with Crippen LogP contribution >= 0.6 is 11.3 Å². The molecule has 1 aromatic carbocycles. The first kappa shape index (κ1) is 19.1. The van der Waals surface area contributed by atoms with E-state index in [0.29, 0.717) is 12.8 Å². The lowest BCUT2D eigenvalue weighted by Crippen LogP contribution is -2.30. The topological polar surface area (TPSA) is 79.3 Å². The van der Waals surface area contributed by atoms with Crippen molar-refractivity contribution in [1.82, 2.24) is 10.3 Å². The molecule has 0 aliphatic rings. The van der Waals surface area contributed by atoms with Crippen LogP contribution in [0.3, 0.4) is 0 Å². The highest BCUT2D eigenvalue weighted by atomic mass is 32.1. The average Bonchev–Trinajstić information content (AvgIpc) is 3.04. The highest BCUT2D eigenvalue weighted by Gasteiger charge is 2.20. The number of benzene rings is 1. The van der Waals surface area contributed by atoms with Crippen LogP contribution in [0.2, 0.25) is 0 Å². The van der Waals surface area contributed by atoms with Gasteiger partial charge in [-0.15, -0.1) is 11.3 Å². The fourth-order valence-corrected chi connectivity index (χ4v) is 3.13. The highest BCUT2D eigenvalue weighted by molar-refractivity contribution is 7.09. The first-order chi connectivity index (χ1) is 11.8. The second kappa shape index (κ2) is 8.25. The Morgan fingerprint density at radius 1 is 1.24 bits per heavy atom. The van der Waals surface area contributed by atoms with Crippen LogP contribution < -0.4 is 5.32 Å². The second-order valence-electron chi connectivity index (χ2n) is 7.02. The van der Waals surface area contributed by atoms with Gasteiger partial charge in [0, 0.05) is 24.4 Å². The van der Waals surface area contributed by atoms with Gasteiger partial charge in [0.15, 0.2) is 0 Å². The molecule has 1 amide bonds. The number of carbonyl (C=O) groups is 2. The molecule has 0 aliphatic carbocycles. The zero-order chi connectivity index (χ0) is 18.4. The maximum absolute atomic E-state index is 12.2. The molecule has 25 heavy (non-hydrogen) atoms. The second-order valence-corrected chi connectivity index (χ2v) is 7.99. The predicted molar refractivity (Wildman–Crippen MR) is 98.7 cm³/mol. The largest absolute Gasteiger partial charge is 0.481 e. The molecule has 1 unspecified atom stereocenters. The molecule has 2 rings (SSSR count). The molecule has 0 saturated heterocycles. The third kappa shape index (κ3) is 5.98. The maximum atomic E-state index is 12.2. The molecular formula is C19H24N2O3S. The highest BCUT2D eigenvalue weighted by Crippen LogP contribution is 2.25. The summed E-state index contributed by atoms with van der Waals surface area (Å²) in [5, 5.41) is 14.8. The first-order valence-electron chi connectivity index (χ1n) is 8.25. The fraction of sp³-hybridized carbons (Fsp3) is 0.421. The van der Waals surface area contributed by atoms with Crippen LogP contribution in [0.4, 0.5) is 0 Å². The van der Waals surface area contributed by atoms with Crippen molar-refractivity contribution in [3.63, 3.8) is 0 Å². The molecule has 0 saturated carbocycles. The number of aryl methyl sites for hydroxylation is 1. The summed E-state index contributed by atoms with van der Waals surface area (Å²) in [6.45, 7) is 6.37. The summed E-state index contributed by atoms with van der Waals surface area (Å²) >= 11 is 1.51. The Labute approximate surface area is 152 Å². The molecule has 1 atom stereocenters. The van der Waals surface area contributed by atoms with Crippen molar-refractivity contribution in [2.75, 3.05) is 0 Å². The molecule has 5 nitrogen and oxygen atoms in total. The number of carboxylic acids is 1. The average molecular weight is 360 g/mol. The van der Waals surface area contributed by atoms with Gasteiger partial charge in [-0.3, -0.25) is 9.59 Å². The van der Waals surface area contributed by atoms with E-state index in [2.05, 4.69) is 31.1 Å². The molecule has 0 fully saturated rings. The van der Waals surface area contributed by atoms with Crippen molar-refractivity contribution in [2.24, 2.45) is 0 Å². The molecule has 0 spiro atoms. The van der Waals surface area contributed by atoms with Crippen LogP contribution in [-0.4, -0.2) is 22.0 Å². The molecule has 2 N–H and O–H groups in total. The van der Waals surface area contributed by atoms with E-state index in [1.807, 2.05) is 29.6 Å². The normalized spacial score (nSPS) is 12.6. The van der Waals surface area contributed by atoms with Crippen LogP contribution in [-0.2, 0) is 21.4 Å². The lowest BCUT2D eigenvalue weighted by Gasteiger charge is -2.22. The van der Waals surface area contributed by atoms with E-state index in [-0.39, 0.29) is 17.7 Å². The van der Waals surface area contributed by atoms with Gasteiger partial charge in [-0.25, -0.2) is 4.98 Å². The first-order valence-corrected chi connectivity index (χ1v) is 9.13. The van der Waals surface area contributed by atoms with Crippen LogP contribution in [0.15, 0.2) is 35.8 Å². The van der Waals surface area contributed by atoms with Crippen LogP contribution in [0.5, 0.6) is 0 Å². The third-order valence-corrected chi connectivity index (χ3v) is 4.78. The number of hydrogen-bond acceptors (Lipinski definition) is 4.